The van der Waals surface area contributed by atoms with Crippen molar-refractivity contribution in [1.29, 1.82) is 0 Å². The van der Waals surface area contributed by atoms with Gasteiger partial charge in [0.15, 0.2) is 17.3 Å². The molecule has 0 saturated carbocycles. The summed E-state index contributed by atoms with van der Waals surface area (Å²) in [6.45, 7) is 6.54. The summed E-state index contributed by atoms with van der Waals surface area (Å²) in [6.07, 6.45) is 5.36. The molecule has 0 radical (unpaired) electrons. The Morgan fingerprint density at radius 1 is 0.959 bits per heavy atom. The van der Waals surface area contributed by atoms with Crippen molar-refractivity contribution in [1.82, 2.24) is 29.4 Å². The number of amides is 1. The molecule has 49 heavy (non-hydrogen) atoms. The van der Waals surface area contributed by atoms with Crippen LogP contribution in [0.25, 0.3) is 22.6 Å². The van der Waals surface area contributed by atoms with Crippen LogP contribution in [0.2, 0.25) is 0 Å². The van der Waals surface area contributed by atoms with E-state index >= 15 is 4.39 Å². The van der Waals surface area contributed by atoms with Crippen molar-refractivity contribution < 1.29 is 19.0 Å². The van der Waals surface area contributed by atoms with Crippen LogP contribution in [0.4, 0.5) is 27.3 Å². The highest BCUT2D eigenvalue weighted by molar-refractivity contribution is 6.09. The molecule has 0 aliphatic carbocycles. The third-order valence-corrected chi connectivity index (χ3v) is 10.5. The molecule has 2 fully saturated rings. The number of piperazine rings is 1. The fourth-order valence-electron chi connectivity index (χ4n) is 7.80. The zero-order chi connectivity index (χ0) is 33.1. The number of H-pyrrole nitrogens is 1. The van der Waals surface area contributed by atoms with E-state index in [1.807, 2.05) is 18.2 Å². The van der Waals surface area contributed by atoms with Gasteiger partial charge in [-0.15, -0.1) is 0 Å². The second-order valence-electron chi connectivity index (χ2n) is 13.3. The third-order valence-electron chi connectivity index (χ3n) is 10.5. The number of hydrogen-bond acceptors (Lipinski definition) is 9. The number of halogens is 1. The molecule has 0 unspecified atom stereocenters. The van der Waals surface area contributed by atoms with Crippen LogP contribution in [0.15, 0.2) is 48.8 Å². The predicted molar refractivity (Wildman–Crippen MR) is 184 cm³/mol. The van der Waals surface area contributed by atoms with Crippen molar-refractivity contribution in [2.75, 3.05) is 61.1 Å². The lowest BCUT2D eigenvalue weighted by Crippen LogP contribution is -2.56. The summed E-state index contributed by atoms with van der Waals surface area (Å²) in [6, 6.07) is 13.4. The minimum Gasteiger partial charge on any atom is -0.392 e. The highest BCUT2D eigenvalue weighted by atomic mass is 19.1. The summed E-state index contributed by atoms with van der Waals surface area (Å²) < 4.78 is 23.1. The highest BCUT2D eigenvalue weighted by Gasteiger charge is 2.33. The number of aromatic amines is 1. The van der Waals surface area contributed by atoms with Gasteiger partial charge in [-0.1, -0.05) is 0 Å². The Morgan fingerprint density at radius 3 is 2.57 bits per heavy atom. The zero-order valence-corrected chi connectivity index (χ0v) is 27.2. The summed E-state index contributed by atoms with van der Waals surface area (Å²) in [4.78, 5) is 37.3. The predicted octanol–water partition coefficient (Wildman–Crippen LogP) is 4.26. The zero-order valence-electron chi connectivity index (χ0n) is 27.2. The quantitative estimate of drug-likeness (QED) is 0.234. The normalized spacial score (nSPS) is 18.4. The Labute approximate surface area is 282 Å². The van der Waals surface area contributed by atoms with Crippen LogP contribution in [0.5, 0.6) is 0 Å². The van der Waals surface area contributed by atoms with Gasteiger partial charge in [-0.2, -0.15) is 0 Å². The number of nitrogens with zero attached hydrogens (tertiary/aromatic N) is 7. The van der Waals surface area contributed by atoms with Crippen molar-refractivity contribution in [3.05, 3.63) is 77.1 Å². The van der Waals surface area contributed by atoms with Crippen LogP contribution >= 0.6 is 0 Å². The number of hydrogen-bond donors (Lipinski definition) is 3. The number of imidazole rings is 1. The number of aromatic nitrogens is 5. The first-order valence-electron chi connectivity index (χ1n) is 17.2. The first-order valence-corrected chi connectivity index (χ1v) is 17.2. The van der Waals surface area contributed by atoms with Crippen molar-refractivity contribution in [2.45, 2.75) is 44.9 Å². The number of carbonyl (C=O) groups is 1. The maximum atomic E-state index is 15.4. The molecule has 0 spiro atoms. The third kappa shape index (κ3) is 5.32. The molecule has 252 valence electrons. The van der Waals surface area contributed by atoms with E-state index in [1.54, 1.807) is 4.90 Å². The summed E-state index contributed by atoms with van der Waals surface area (Å²) in [5.74, 6) is -0.0644. The van der Waals surface area contributed by atoms with Gasteiger partial charge in [0.25, 0.3) is 5.91 Å². The number of fused-ring (bicyclic) bond motifs is 4. The molecule has 0 bridgehead atoms. The summed E-state index contributed by atoms with van der Waals surface area (Å²) in [5, 5.41) is 14.1. The second kappa shape index (κ2) is 12.2. The fraction of sp³-hybridized carbons (Fsp3) is 0.389. The van der Waals surface area contributed by atoms with Gasteiger partial charge >= 0.3 is 0 Å². The highest BCUT2D eigenvalue weighted by Crippen LogP contribution is 2.37. The van der Waals surface area contributed by atoms with Gasteiger partial charge in [-0.25, -0.2) is 19.3 Å². The Kier molecular flexibility index (Phi) is 7.55. The summed E-state index contributed by atoms with van der Waals surface area (Å²) >= 11 is 0. The molecular formula is C36H38FN9O3. The molecule has 7 heterocycles. The molecule has 4 aliphatic rings. The maximum Gasteiger partial charge on any atom is 0.260 e. The van der Waals surface area contributed by atoms with E-state index in [-0.39, 0.29) is 11.7 Å². The largest absolute Gasteiger partial charge is 0.392 e. The first-order chi connectivity index (χ1) is 24.0. The van der Waals surface area contributed by atoms with Gasteiger partial charge in [0.1, 0.15) is 11.3 Å². The number of rotatable bonds is 7. The monoisotopic (exact) mass is 663 g/mol. The van der Waals surface area contributed by atoms with E-state index in [9.17, 15) is 9.90 Å². The molecular weight excluding hydrogens is 625 g/mol. The standard InChI is InChI=1S/C36H38FN9O3/c37-22-15-27(29(18-47)31(16-22)46-10-8-30-28(36(46)48)17-25-3-1-2-9-45(25)30)33-41-34-32(38-21-39-34)35(42-33)40-23-4-6-24(7-5-23)43-11-13-44(14-12-43)26-19-49-20-26/h4-7,15-17,21,26,47H,1-3,8-14,18-20H2,(H2,38,39,40,41,42). The minimum absolute atomic E-state index is 0.182. The van der Waals surface area contributed by atoms with Crippen LogP contribution < -0.4 is 15.1 Å². The first kappa shape index (κ1) is 30.2. The molecule has 9 rings (SSSR count). The number of anilines is 4. The fourth-order valence-corrected chi connectivity index (χ4v) is 7.80. The van der Waals surface area contributed by atoms with Gasteiger partial charge in [0.2, 0.25) is 0 Å². The van der Waals surface area contributed by atoms with Gasteiger partial charge in [-0.3, -0.25) is 9.69 Å². The van der Waals surface area contributed by atoms with Crippen LogP contribution in [0.3, 0.4) is 0 Å². The molecule has 2 saturated heterocycles. The maximum absolute atomic E-state index is 15.4. The molecule has 3 N–H and O–H groups in total. The van der Waals surface area contributed by atoms with Crippen molar-refractivity contribution in [2.24, 2.45) is 0 Å². The number of aliphatic hydroxyl groups is 1. The van der Waals surface area contributed by atoms with Gasteiger partial charge < -0.3 is 34.5 Å². The number of aliphatic hydroxyl groups excluding tert-OH is 1. The van der Waals surface area contributed by atoms with Gasteiger partial charge in [0.05, 0.1) is 43.4 Å². The van der Waals surface area contributed by atoms with Crippen molar-refractivity contribution >= 4 is 40.0 Å². The average molecular weight is 664 g/mol. The average Bonchev–Trinajstić information content (AvgIpc) is 3.74. The molecule has 2 aromatic carbocycles. The number of benzene rings is 2. The number of nitrogens with one attached hydrogen (secondary N) is 2. The van der Waals surface area contributed by atoms with Crippen LogP contribution in [-0.4, -0.2) is 92.4 Å². The Morgan fingerprint density at radius 2 is 1.80 bits per heavy atom. The smallest absolute Gasteiger partial charge is 0.260 e. The van der Waals surface area contributed by atoms with E-state index in [4.69, 9.17) is 9.72 Å². The summed E-state index contributed by atoms with van der Waals surface area (Å²) in [5.41, 5.74) is 6.89. The molecule has 12 nitrogen and oxygen atoms in total. The van der Waals surface area contributed by atoms with Crippen LogP contribution in [0.1, 0.15) is 40.2 Å². The number of carbonyl (C=O) groups excluding carboxylic acids is 1. The topological polar surface area (TPSA) is 128 Å². The Balaban J connectivity index is 1.01. The minimum atomic E-state index is -0.547. The Bertz CT molecular complexity index is 2050. The van der Waals surface area contributed by atoms with Gasteiger partial charge in [-0.05, 0) is 61.7 Å². The molecule has 4 aliphatic heterocycles. The molecule has 13 heteroatoms. The van der Waals surface area contributed by atoms with Crippen LogP contribution in [-0.2, 0) is 30.7 Å². The van der Waals surface area contributed by atoms with Crippen LogP contribution in [0, 0.1) is 5.82 Å². The summed E-state index contributed by atoms with van der Waals surface area (Å²) in [7, 11) is 0. The van der Waals surface area contributed by atoms with E-state index in [0.717, 1.165) is 82.3 Å². The number of aryl methyl sites for hydroxylation is 1. The van der Waals surface area contributed by atoms with Gasteiger partial charge in [0, 0.05) is 79.6 Å². The molecule has 0 atom stereocenters. The van der Waals surface area contributed by atoms with E-state index < -0.39 is 12.4 Å². The lowest BCUT2D eigenvalue weighted by molar-refractivity contribution is -0.0660. The van der Waals surface area contributed by atoms with E-state index in [0.29, 0.717) is 58.4 Å². The van der Waals surface area contributed by atoms with Crippen molar-refractivity contribution in [3.8, 4) is 11.4 Å². The van der Waals surface area contributed by atoms with E-state index in [1.165, 1.54) is 24.2 Å². The van der Waals surface area contributed by atoms with Crippen molar-refractivity contribution in [3.63, 3.8) is 0 Å². The molecule has 5 aromatic rings. The second-order valence-corrected chi connectivity index (χ2v) is 13.3. The molecule has 1 amide bonds. The SMILES string of the molecule is O=C1c2cc3n(c2CCN1c1cc(F)cc(-c2nc(Nc4ccc(N5CCN(C6COC6)CC5)cc4)c4[nH]cnc4n2)c1CO)CCCC3. The van der Waals surface area contributed by atoms with E-state index in [2.05, 4.69) is 46.8 Å². The lowest BCUT2D eigenvalue weighted by Gasteiger charge is -2.43. The Hall–Kier alpha value is -4.85. The lowest BCUT2D eigenvalue weighted by atomic mass is 10.00. The number of ether oxygens (including phenoxy) is 1. The molecule has 3 aromatic heterocycles.